The van der Waals surface area contributed by atoms with Gasteiger partial charge in [-0.25, -0.2) is 13.1 Å². The molecule has 2 aliphatic rings. The van der Waals surface area contributed by atoms with E-state index in [-0.39, 0.29) is 5.41 Å². The number of sulfonamides is 1. The molecule has 124 valence electrons. The molecule has 2 heterocycles. The monoisotopic (exact) mass is 344 g/mol. The Balaban J connectivity index is 1.48. The van der Waals surface area contributed by atoms with Crippen molar-refractivity contribution < 1.29 is 13.2 Å². The van der Waals surface area contributed by atoms with Crippen LogP contribution in [0.15, 0.2) is 16.3 Å². The van der Waals surface area contributed by atoms with E-state index in [4.69, 9.17) is 4.74 Å². The normalized spacial score (nSPS) is 30.0. The van der Waals surface area contributed by atoms with Crippen LogP contribution in [0.3, 0.4) is 0 Å². The molecule has 0 bridgehead atoms. The lowest BCUT2D eigenvalue weighted by Gasteiger charge is -2.55. The summed E-state index contributed by atoms with van der Waals surface area (Å²) >= 11 is 1.30. The summed E-state index contributed by atoms with van der Waals surface area (Å²) in [6.07, 6.45) is 1.46. The van der Waals surface area contributed by atoms with Gasteiger partial charge in [0.2, 0.25) is 10.0 Å². The third kappa shape index (κ3) is 2.85. The molecule has 0 spiro atoms. The molecule has 5 nitrogen and oxygen atoms in total. The van der Waals surface area contributed by atoms with Crippen LogP contribution in [-0.2, 0) is 14.8 Å². The minimum Gasteiger partial charge on any atom is -0.377 e. The first-order chi connectivity index (χ1) is 10.3. The van der Waals surface area contributed by atoms with Crippen LogP contribution >= 0.6 is 11.3 Å². The highest BCUT2D eigenvalue weighted by Crippen LogP contribution is 2.51. The Bertz CT molecular complexity index is 639. The fourth-order valence-corrected chi connectivity index (χ4v) is 6.14. The Labute approximate surface area is 136 Å². The van der Waals surface area contributed by atoms with Gasteiger partial charge in [0.25, 0.3) is 0 Å². The van der Waals surface area contributed by atoms with Gasteiger partial charge in [-0.2, -0.15) is 0 Å². The van der Waals surface area contributed by atoms with E-state index in [1.165, 1.54) is 11.3 Å². The first-order valence-corrected chi connectivity index (χ1v) is 10.0. The smallest absolute Gasteiger partial charge is 0.250 e. The lowest BCUT2D eigenvalue weighted by atomic mass is 9.57. The molecule has 3 atom stereocenters. The highest BCUT2D eigenvalue weighted by Gasteiger charge is 2.58. The molecule has 0 unspecified atom stereocenters. The van der Waals surface area contributed by atoms with Gasteiger partial charge in [-0.05, 0) is 25.5 Å². The molecule has 0 amide bonds. The fraction of sp³-hybridized carbons (Fsp3) is 0.733. The molecule has 3 rings (SSSR count). The van der Waals surface area contributed by atoms with Gasteiger partial charge in [0.15, 0.2) is 0 Å². The number of nitrogens with one attached hydrogen (secondary N) is 2. The van der Waals surface area contributed by atoms with Crippen LogP contribution in [0.2, 0.25) is 0 Å². The van der Waals surface area contributed by atoms with E-state index in [0.717, 1.165) is 17.9 Å². The second kappa shape index (κ2) is 5.87. The van der Waals surface area contributed by atoms with E-state index in [1.54, 1.807) is 6.07 Å². The van der Waals surface area contributed by atoms with Crippen LogP contribution in [0, 0.1) is 18.3 Å². The Morgan fingerprint density at radius 1 is 1.36 bits per heavy atom. The molecule has 0 aromatic carbocycles. The molecule has 7 heteroatoms. The van der Waals surface area contributed by atoms with E-state index < -0.39 is 10.0 Å². The van der Waals surface area contributed by atoms with E-state index >= 15 is 0 Å². The summed E-state index contributed by atoms with van der Waals surface area (Å²) in [6.45, 7) is 8.24. The van der Waals surface area contributed by atoms with Crippen molar-refractivity contribution in [1.82, 2.24) is 10.0 Å². The van der Waals surface area contributed by atoms with Crippen molar-refractivity contribution in [3.63, 3.8) is 0 Å². The zero-order valence-electron chi connectivity index (χ0n) is 13.3. The molecule has 1 saturated heterocycles. The molecular formula is C15H24N2O3S2. The average molecular weight is 345 g/mol. The van der Waals surface area contributed by atoms with Gasteiger partial charge in [0.1, 0.15) is 4.21 Å². The van der Waals surface area contributed by atoms with Gasteiger partial charge in [0, 0.05) is 41.9 Å². The molecule has 1 aromatic heterocycles. The van der Waals surface area contributed by atoms with Gasteiger partial charge in [0.05, 0.1) is 6.10 Å². The molecule has 2 N–H and O–H groups in total. The Morgan fingerprint density at radius 3 is 2.82 bits per heavy atom. The van der Waals surface area contributed by atoms with E-state index in [1.807, 2.05) is 13.0 Å². The van der Waals surface area contributed by atoms with Crippen LogP contribution in [0.4, 0.5) is 0 Å². The summed E-state index contributed by atoms with van der Waals surface area (Å²) in [5.74, 6) is 0.576. The molecule has 1 aliphatic heterocycles. The van der Waals surface area contributed by atoms with Crippen molar-refractivity contribution in [2.24, 2.45) is 11.3 Å². The van der Waals surface area contributed by atoms with Crippen LogP contribution in [0.25, 0.3) is 0 Å². The fourth-order valence-electron chi connectivity index (χ4n) is 3.78. The minimum atomic E-state index is -3.37. The number of rotatable bonds is 6. The molecule has 1 aliphatic carbocycles. The molecule has 1 aromatic rings. The number of thiophene rings is 1. The average Bonchev–Trinajstić information content (AvgIpc) is 3.06. The number of aryl methyl sites for hydroxylation is 1. The van der Waals surface area contributed by atoms with Gasteiger partial charge < -0.3 is 10.1 Å². The minimum absolute atomic E-state index is 0.130. The van der Waals surface area contributed by atoms with Crippen molar-refractivity contribution in [3.05, 3.63) is 17.0 Å². The topological polar surface area (TPSA) is 67.4 Å². The van der Waals surface area contributed by atoms with Crippen LogP contribution in [-0.4, -0.2) is 40.3 Å². The molecule has 0 radical (unpaired) electrons. The Hall–Kier alpha value is -0.470. The summed E-state index contributed by atoms with van der Waals surface area (Å²) < 4.78 is 33.1. The maximum atomic E-state index is 12.1. The molecule has 22 heavy (non-hydrogen) atoms. The predicted octanol–water partition coefficient (Wildman–Crippen LogP) is 1.74. The van der Waals surface area contributed by atoms with Crippen molar-refractivity contribution in [3.8, 4) is 0 Å². The molecule has 1 saturated carbocycles. The number of ether oxygens (including phenoxy) is 1. The molecular weight excluding hydrogens is 320 g/mol. The standard InChI is InChI=1S/C15H24N2O3S2/c1-10-4-5-12(21-10)22(18,19)17-8-7-16-13-11-6-9-20-14(11)15(13,2)3/h4-5,11,13-14,16-17H,6-9H2,1-3H3/t11-,13+,14+/m0/s1. The highest BCUT2D eigenvalue weighted by molar-refractivity contribution is 7.91. The SMILES string of the molecule is Cc1ccc(S(=O)(=O)NCCN[C@@H]2[C@@H]3CCO[C@H]3C2(C)C)s1. The van der Waals surface area contributed by atoms with Crippen molar-refractivity contribution in [1.29, 1.82) is 0 Å². The summed E-state index contributed by atoms with van der Waals surface area (Å²) in [7, 11) is -3.37. The number of hydrogen-bond donors (Lipinski definition) is 2. The zero-order valence-corrected chi connectivity index (χ0v) is 14.9. The maximum Gasteiger partial charge on any atom is 0.250 e. The summed E-state index contributed by atoms with van der Waals surface area (Å²) in [5, 5.41) is 3.51. The summed E-state index contributed by atoms with van der Waals surface area (Å²) in [6, 6.07) is 3.90. The van der Waals surface area contributed by atoms with Gasteiger partial charge in [-0.15, -0.1) is 11.3 Å². The van der Waals surface area contributed by atoms with Gasteiger partial charge in [-0.3, -0.25) is 0 Å². The maximum absolute atomic E-state index is 12.1. The van der Waals surface area contributed by atoms with Crippen LogP contribution < -0.4 is 10.0 Å². The third-order valence-electron chi connectivity index (χ3n) is 4.86. The predicted molar refractivity (Wildman–Crippen MR) is 87.7 cm³/mol. The second-order valence-corrected chi connectivity index (χ2v) is 10.0. The van der Waals surface area contributed by atoms with E-state index in [0.29, 0.717) is 35.4 Å². The lowest BCUT2D eigenvalue weighted by Crippen LogP contribution is -2.66. The van der Waals surface area contributed by atoms with Crippen molar-refractivity contribution >= 4 is 21.4 Å². The van der Waals surface area contributed by atoms with Crippen LogP contribution in [0.5, 0.6) is 0 Å². The summed E-state index contributed by atoms with van der Waals surface area (Å²) in [4.78, 5) is 1.00. The Morgan fingerprint density at radius 2 is 2.14 bits per heavy atom. The highest BCUT2D eigenvalue weighted by atomic mass is 32.2. The Kier molecular flexibility index (Phi) is 4.37. The number of hydrogen-bond acceptors (Lipinski definition) is 5. The van der Waals surface area contributed by atoms with Crippen molar-refractivity contribution in [2.75, 3.05) is 19.7 Å². The summed E-state index contributed by atoms with van der Waals surface area (Å²) in [5.41, 5.74) is 0.130. The van der Waals surface area contributed by atoms with E-state index in [9.17, 15) is 8.42 Å². The molecule has 2 fully saturated rings. The van der Waals surface area contributed by atoms with E-state index in [2.05, 4.69) is 23.9 Å². The lowest BCUT2D eigenvalue weighted by molar-refractivity contribution is -0.112. The van der Waals surface area contributed by atoms with Gasteiger partial charge in [-0.1, -0.05) is 13.8 Å². The van der Waals surface area contributed by atoms with Crippen molar-refractivity contribution in [2.45, 2.75) is 43.5 Å². The zero-order chi connectivity index (χ0) is 16.0. The quantitative estimate of drug-likeness (QED) is 0.772. The first kappa shape index (κ1) is 16.4. The largest absolute Gasteiger partial charge is 0.377 e. The van der Waals surface area contributed by atoms with Crippen LogP contribution in [0.1, 0.15) is 25.1 Å². The van der Waals surface area contributed by atoms with Gasteiger partial charge >= 0.3 is 0 Å². The second-order valence-electron chi connectivity index (χ2n) is 6.76. The third-order valence-corrected chi connectivity index (χ3v) is 7.82. The number of fused-ring (bicyclic) bond motifs is 1. The first-order valence-electron chi connectivity index (χ1n) is 7.73.